The van der Waals surface area contributed by atoms with Crippen LogP contribution in [0.2, 0.25) is 0 Å². The number of carboxylic acids is 1. The Hall–Kier alpha value is -1.75. The van der Waals surface area contributed by atoms with E-state index in [2.05, 4.69) is 22.5 Å². The van der Waals surface area contributed by atoms with Gasteiger partial charge in [0.15, 0.2) is 11.5 Å². The monoisotopic (exact) mass is 340 g/mol. The molecule has 20 heavy (non-hydrogen) atoms. The molecule has 1 N–H and O–H groups in total. The number of hydrogen-bond donors (Lipinski definition) is 1. The average molecular weight is 341 g/mol. The van der Waals surface area contributed by atoms with Gasteiger partial charge in [0.2, 0.25) is 0 Å². The van der Waals surface area contributed by atoms with Crippen molar-refractivity contribution in [2.75, 3.05) is 13.7 Å². The molecule has 0 heterocycles. The SMILES string of the molecule is C=C(C)CCOc1c(Br)cc(/C=C/C(=O)O)cc1OC. The van der Waals surface area contributed by atoms with Gasteiger partial charge < -0.3 is 14.6 Å². The number of rotatable bonds is 7. The zero-order valence-electron chi connectivity index (χ0n) is 11.5. The third-order valence-electron chi connectivity index (χ3n) is 2.45. The smallest absolute Gasteiger partial charge is 0.328 e. The van der Waals surface area contributed by atoms with Crippen LogP contribution in [0, 0.1) is 0 Å². The maximum Gasteiger partial charge on any atom is 0.328 e. The Kier molecular flexibility index (Phi) is 6.31. The Balaban J connectivity index is 2.95. The second-order valence-corrected chi connectivity index (χ2v) is 5.12. The summed E-state index contributed by atoms with van der Waals surface area (Å²) < 4.78 is 11.7. The van der Waals surface area contributed by atoms with Gasteiger partial charge in [0, 0.05) is 12.5 Å². The summed E-state index contributed by atoms with van der Waals surface area (Å²) in [7, 11) is 1.54. The fourth-order valence-electron chi connectivity index (χ4n) is 1.47. The lowest BCUT2D eigenvalue weighted by atomic mass is 10.2. The van der Waals surface area contributed by atoms with Crippen molar-refractivity contribution in [3.8, 4) is 11.5 Å². The Bertz CT molecular complexity index is 535. The lowest BCUT2D eigenvalue weighted by molar-refractivity contribution is -0.131. The molecule has 1 aromatic carbocycles. The van der Waals surface area contributed by atoms with Gasteiger partial charge in [-0.05, 0) is 46.6 Å². The van der Waals surface area contributed by atoms with Crippen LogP contribution in [0.1, 0.15) is 18.9 Å². The molecule has 0 aliphatic heterocycles. The number of benzene rings is 1. The molecule has 0 fully saturated rings. The highest BCUT2D eigenvalue weighted by atomic mass is 79.9. The number of carboxylic acid groups (broad SMARTS) is 1. The predicted octanol–water partition coefficient (Wildman–Crippen LogP) is 3.90. The minimum Gasteiger partial charge on any atom is -0.493 e. The number of methoxy groups -OCH3 is 1. The molecule has 5 heteroatoms. The van der Waals surface area contributed by atoms with Gasteiger partial charge in [0.25, 0.3) is 0 Å². The third kappa shape index (κ3) is 5.09. The Morgan fingerprint density at radius 2 is 2.20 bits per heavy atom. The van der Waals surface area contributed by atoms with E-state index in [1.165, 1.54) is 13.2 Å². The minimum atomic E-state index is -0.998. The first-order valence-corrected chi connectivity index (χ1v) is 6.79. The summed E-state index contributed by atoms with van der Waals surface area (Å²) in [5.41, 5.74) is 1.75. The van der Waals surface area contributed by atoms with E-state index in [4.69, 9.17) is 14.6 Å². The lowest BCUT2D eigenvalue weighted by Gasteiger charge is -2.13. The summed E-state index contributed by atoms with van der Waals surface area (Å²) in [5, 5.41) is 8.63. The highest BCUT2D eigenvalue weighted by Crippen LogP contribution is 2.37. The number of carbonyl (C=O) groups is 1. The first-order valence-electron chi connectivity index (χ1n) is 5.99. The van der Waals surface area contributed by atoms with Crippen LogP contribution in [0.5, 0.6) is 11.5 Å². The van der Waals surface area contributed by atoms with E-state index in [9.17, 15) is 4.79 Å². The zero-order valence-corrected chi connectivity index (χ0v) is 13.1. The Morgan fingerprint density at radius 3 is 2.75 bits per heavy atom. The van der Waals surface area contributed by atoms with Gasteiger partial charge >= 0.3 is 5.97 Å². The molecule has 1 rings (SSSR count). The summed E-state index contributed by atoms with van der Waals surface area (Å²) in [4.78, 5) is 10.5. The van der Waals surface area contributed by atoms with Crippen LogP contribution in [0.15, 0.2) is 34.8 Å². The highest BCUT2D eigenvalue weighted by Gasteiger charge is 2.11. The molecule has 0 saturated carbocycles. The summed E-state index contributed by atoms with van der Waals surface area (Å²) in [6.45, 7) is 6.27. The van der Waals surface area contributed by atoms with Gasteiger partial charge in [0.05, 0.1) is 18.2 Å². The molecule has 0 unspecified atom stereocenters. The van der Waals surface area contributed by atoms with Crippen LogP contribution in [0.3, 0.4) is 0 Å². The van der Waals surface area contributed by atoms with E-state index in [1.54, 1.807) is 12.1 Å². The fraction of sp³-hybridized carbons (Fsp3) is 0.267. The van der Waals surface area contributed by atoms with Crippen LogP contribution in [0.25, 0.3) is 6.08 Å². The van der Waals surface area contributed by atoms with E-state index in [-0.39, 0.29) is 0 Å². The van der Waals surface area contributed by atoms with Crippen LogP contribution in [-0.4, -0.2) is 24.8 Å². The van der Waals surface area contributed by atoms with Gasteiger partial charge in [-0.15, -0.1) is 6.58 Å². The summed E-state index contributed by atoms with van der Waals surface area (Å²) in [6, 6.07) is 3.50. The van der Waals surface area contributed by atoms with Gasteiger partial charge in [0.1, 0.15) is 0 Å². The molecule has 4 nitrogen and oxygen atoms in total. The molecule has 0 saturated heterocycles. The predicted molar refractivity (Wildman–Crippen MR) is 82.3 cm³/mol. The molecule has 0 aliphatic carbocycles. The summed E-state index contributed by atoms with van der Waals surface area (Å²) >= 11 is 3.40. The molecule has 108 valence electrons. The second kappa shape index (κ2) is 7.75. The van der Waals surface area contributed by atoms with Gasteiger partial charge in [-0.25, -0.2) is 4.79 Å². The second-order valence-electron chi connectivity index (χ2n) is 4.26. The van der Waals surface area contributed by atoms with Crippen LogP contribution in [-0.2, 0) is 4.79 Å². The van der Waals surface area contributed by atoms with Crippen molar-refractivity contribution in [1.29, 1.82) is 0 Å². The van der Waals surface area contributed by atoms with Crippen molar-refractivity contribution in [3.63, 3.8) is 0 Å². The first-order chi connectivity index (χ1) is 9.43. The van der Waals surface area contributed by atoms with E-state index >= 15 is 0 Å². The molecule has 1 aromatic rings. The summed E-state index contributed by atoms with van der Waals surface area (Å²) in [6.07, 6.45) is 3.33. The number of hydrogen-bond acceptors (Lipinski definition) is 3. The first kappa shape index (κ1) is 16.3. The van der Waals surface area contributed by atoms with Crippen molar-refractivity contribution < 1.29 is 19.4 Å². The maximum absolute atomic E-state index is 10.5. The molecule has 0 amide bonds. The van der Waals surface area contributed by atoms with Gasteiger partial charge in [-0.3, -0.25) is 0 Å². The van der Waals surface area contributed by atoms with Crippen molar-refractivity contribution in [3.05, 3.63) is 40.4 Å². The fourth-order valence-corrected chi connectivity index (χ4v) is 2.05. The van der Waals surface area contributed by atoms with E-state index in [0.717, 1.165) is 18.1 Å². The Morgan fingerprint density at radius 1 is 1.50 bits per heavy atom. The molecular weight excluding hydrogens is 324 g/mol. The topological polar surface area (TPSA) is 55.8 Å². The molecule has 0 radical (unpaired) electrons. The van der Waals surface area contributed by atoms with Crippen LogP contribution >= 0.6 is 15.9 Å². The summed E-state index contributed by atoms with van der Waals surface area (Å²) in [5.74, 6) is 0.147. The van der Waals surface area contributed by atoms with E-state index in [0.29, 0.717) is 28.1 Å². The van der Waals surface area contributed by atoms with E-state index in [1.807, 2.05) is 6.92 Å². The van der Waals surface area contributed by atoms with Crippen molar-refractivity contribution in [2.24, 2.45) is 0 Å². The molecule has 0 aromatic heterocycles. The molecule has 0 atom stereocenters. The largest absolute Gasteiger partial charge is 0.493 e. The van der Waals surface area contributed by atoms with Gasteiger partial charge in [-0.2, -0.15) is 0 Å². The normalized spacial score (nSPS) is 10.6. The molecule has 0 spiro atoms. The average Bonchev–Trinajstić information content (AvgIpc) is 2.37. The lowest BCUT2D eigenvalue weighted by Crippen LogP contribution is -2.01. The quantitative estimate of drug-likeness (QED) is 0.604. The van der Waals surface area contributed by atoms with Crippen LogP contribution in [0.4, 0.5) is 0 Å². The zero-order chi connectivity index (χ0) is 15.1. The number of ether oxygens (including phenoxy) is 2. The highest BCUT2D eigenvalue weighted by molar-refractivity contribution is 9.10. The molecular formula is C15H17BrO4. The van der Waals surface area contributed by atoms with Crippen molar-refractivity contribution in [1.82, 2.24) is 0 Å². The number of aliphatic carboxylic acids is 1. The van der Waals surface area contributed by atoms with Crippen LogP contribution < -0.4 is 9.47 Å². The van der Waals surface area contributed by atoms with Gasteiger partial charge in [-0.1, -0.05) is 5.57 Å². The molecule has 0 bridgehead atoms. The van der Waals surface area contributed by atoms with Crippen molar-refractivity contribution >= 4 is 28.0 Å². The number of halogens is 1. The standard InChI is InChI=1S/C15H17BrO4/c1-10(2)6-7-20-15-12(16)8-11(4-5-14(17)18)9-13(15)19-3/h4-5,8-9H,1,6-7H2,2-3H3,(H,17,18)/b5-4+. The third-order valence-corrected chi connectivity index (χ3v) is 3.03. The maximum atomic E-state index is 10.5. The van der Waals surface area contributed by atoms with Crippen molar-refractivity contribution in [2.45, 2.75) is 13.3 Å². The van der Waals surface area contributed by atoms with E-state index < -0.39 is 5.97 Å². The Labute approximate surface area is 126 Å². The minimum absolute atomic E-state index is 0.509. The molecule has 0 aliphatic rings.